The van der Waals surface area contributed by atoms with E-state index in [1.165, 1.54) is 28.8 Å². The van der Waals surface area contributed by atoms with Crippen LogP contribution in [0.25, 0.3) is 17.0 Å². The summed E-state index contributed by atoms with van der Waals surface area (Å²) in [6.45, 7) is 1.08. The zero-order valence-electron chi connectivity index (χ0n) is 19.8. The van der Waals surface area contributed by atoms with Gasteiger partial charge in [0.1, 0.15) is 18.1 Å². The zero-order chi connectivity index (χ0) is 25.9. The van der Waals surface area contributed by atoms with E-state index >= 15 is 0 Å². The Morgan fingerprint density at radius 1 is 1.05 bits per heavy atom. The minimum absolute atomic E-state index is 0.0930. The van der Waals surface area contributed by atoms with Gasteiger partial charge in [0, 0.05) is 22.7 Å². The van der Waals surface area contributed by atoms with E-state index in [0.717, 1.165) is 28.0 Å². The fraction of sp³-hybridized carbons (Fsp3) is 0.107. The van der Waals surface area contributed by atoms with Gasteiger partial charge in [0.2, 0.25) is 0 Å². The van der Waals surface area contributed by atoms with Crippen molar-refractivity contribution in [3.8, 4) is 11.5 Å². The van der Waals surface area contributed by atoms with Gasteiger partial charge in [0.05, 0.1) is 29.8 Å². The molecular formula is C28H22N2O5S2. The second-order valence-corrected chi connectivity index (χ2v) is 9.87. The summed E-state index contributed by atoms with van der Waals surface area (Å²) in [7, 11) is 1.62. The SMILES string of the molecule is COc1ccc(OCCn2cc(C=C3SC(=S)N(c4cccc(C(=O)O)c4)C3=O)c3ccccc32)cc1. The normalized spacial score (nSPS) is 14.5. The van der Waals surface area contributed by atoms with Crippen LogP contribution in [0.5, 0.6) is 11.5 Å². The highest BCUT2D eigenvalue weighted by Gasteiger charge is 2.33. The second-order valence-electron chi connectivity index (χ2n) is 8.19. The first-order valence-electron chi connectivity index (χ1n) is 11.4. The average Bonchev–Trinajstić information content (AvgIpc) is 3.40. The summed E-state index contributed by atoms with van der Waals surface area (Å²) in [6, 6.07) is 21.6. The lowest BCUT2D eigenvalue weighted by Gasteiger charge is -2.14. The molecule has 1 fully saturated rings. The molecule has 2 heterocycles. The minimum atomic E-state index is -1.06. The van der Waals surface area contributed by atoms with Crippen LogP contribution in [-0.4, -0.2) is 39.6 Å². The predicted molar refractivity (Wildman–Crippen MR) is 149 cm³/mol. The molecule has 9 heteroatoms. The highest BCUT2D eigenvalue weighted by atomic mass is 32.2. The number of aromatic nitrogens is 1. The molecule has 3 aromatic carbocycles. The molecule has 0 aliphatic carbocycles. The maximum Gasteiger partial charge on any atom is 0.335 e. The monoisotopic (exact) mass is 530 g/mol. The van der Waals surface area contributed by atoms with Crippen LogP contribution in [-0.2, 0) is 11.3 Å². The van der Waals surface area contributed by atoms with E-state index in [2.05, 4.69) is 4.57 Å². The summed E-state index contributed by atoms with van der Waals surface area (Å²) in [5.41, 5.74) is 2.44. The first kappa shape index (κ1) is 24.6. The highest BCUT2D eigenvalue weighted by Crippen LogP contribution is 2.37. The van der Waals surface area contributed by atoms with Crippen molar-refractivity contribution in [2.24, 2.45) is 0 Å². The number of methoxy groups -OCH3 is 1. The summed E-state index contributed by atoms with van der Waals surface area (Å²) in [5.74, 6) is 0.186. The number of thioether (sulfide) groups is 1. The maximum atomic E-state index is 13.3. The molecule has 37 heavy (non-hydrogen) atoms. The van der Waals surface area contributed by atoms with Crippen molar-refractivity contribution in [2.75, 3.05) is 18.6 Å². The number of rotatable bonds is 8. The number of ether oxygens (including phenoxy) is 2. The van der Waals surface area contributed by atoms with E-state index in [9.17, 15) is 14.7 Å². The van der Waals surface area contributed by atoms with E-state index in [1.54, 1.807) is 19.2 Å². The van der Waals surface area contributed by atoms with Crippen molar-refractivity contribution in [1.29, 1.82) is 0 Å². The topological polar surface area (TPSA) is 81.0 Å². The zero-order valence-corrected chi connectivity index (χ0v) is 21.4. The van der Waals surface area contributed by atoms with Crippen LogP contribution in [0.15, 0.2) is 83.9 Å². The molecule has 1 aliphatic heterocycles. The number of para-hydroxylation sites is 1. The molecule has 1 N–H and O–H groups in total. The molecule has 0 saturated carbocycles. The first-order chi connectivity index (χ1) is 17.9. The van der Waals surface area contributed by atoms with Gasteiger partial charge >= 0.3 is 5.97 Å². The van der Waals surface area contributed by atoms with Gasteiger partial charge in [0.25, 0.3) is 5.91 Å². The Bertz CT molecular complexity index is 1540. The minimum Gasteiger partial charge on any atom is -0.497 e. The molecule has 4 aromatic rings. The Kier molecular flexibility index (Phi) is 6.98. The molecule has 1 amide bonds. The van der Waals surface area contributed by atoms with Gasteiger partial charge in [0.15, 0.2) is 4.32 Å². The number of carbonyl (C=O) groups excluding carboxylic acids is 1. The van der Waals surface area contributed by atoms with Gasteiger partial charge in [-0.05, 0) is 54.6 Å². The van der Waals surface area contributed by atoms with E-state index < -0.39 is 5.97 Å². The number of aromatic carboxylic acids is 1. The van der Waals surface area contributed by atoms with Gasteiger partial charge in [-0.1, -0.05) is 48.2 Å². The molecule has 0 radical (unpaired) electrons. The number of carboxylic acids is 1. The maximum absolute atomic E-state index is 13.3. The highest BCUT2D eigenvalue weighted by molar-refractivity contribution is 8.27. The van der Waals surface area contributed by atoms with Crippen LogP contribution >= 0.6 is 24.0 Å². The van der Waals surface area contributed by atoms with Gasteiger partial charge in [-0.2, -0.15) is 0 Å². The molecule has 0 atom stereocenters. The lowest BCUT2D eigenvalue weighted by Crippen LogP contribution is -2.27. The molecule has 186 valence electrons. The Balaban J connectivity index is 1.38. The Labute approximate surface area is 222 Å². The number of nitrogens with zero attached hydrogens (tertiary/aromatic N) is 2. The molecule has 0 bridgehead atoms. The average molecular weight is 531 g/mol. The lowest BCUT2D eigenvalue weighted by atomic mass is 10.1. The number of thiocarbonyl (C=S) groups is 1. The largest absolute Gasteiger partial charge is 0.497 e. The van der Waals surface area contributed by atoms with Gasteiger partial charge < -0.3 is 19.1 Å². The van der Waals surface area contributed by atoms with Crippen LogP contribution in [0.1, 0.15) is 15.9 Å². The van der Waals surface area contributed by atoms with E-state index in [-0.39, 0.29) is 11.5 Å². The second kappa shape index (κ2) is 10.5. The summed E-state index contributed by atoms with van der Waals surface area (Å²) in [5, 5.41) is 10.3. The smallest absolute Gasteiger partial charge is 0.335 e. The number of hydrogen-bond donors (Lipinski definition) is 1. The number of anilines is 1. The van der Waals surface area contributed by atoms with Crippen LogP contribution in [0.2, 0.25) is 0 Å². The lowest BCUT2D eigenvalue weighted by molar-refractivity contribution is -0.113. The molecule has 0 spiro atoms. The summed E-state index contributed by atoms with van der Waals surface area (Å²) < 4.78 is 13.5. The number of hydrogen-bond acceptors (Lipinski definition) is 6. The fourth-order valence-corrected chi connectivity index (χ4v) is 5.41. The quantitative estimate of drug-likeness (QED) is 0.227. The fourth-order valence-electron chi connectivity index (χ4n) is 4.12. The number of carboxylic acid groups (broad SMARTS) is 1. The van der Waals surface area contributed by atoms with Gasteiger partial charge in [-0.25, -0.2) is 4.79 Å². The van der Waals surface area contributed by atoms with Crippen molar-refractivity contribution >= 4 is 62.8 Å². The van der Waals surface area contributed by atoms with Crippen LogP contribution < -0.4 is 14.4 Å². The third-order valence-corrected chi connectivity index (χ3v) is 7.21. The third-order valence-electron chi connectivity index (χ3n) is 5.91. The van der Waals surface area contributed by atoms with Gasteiger partial charge in [-0.3, -0.25) is 9.69 Å². The van der Waals surface area contributed by atoms with E-state index in [1.807, 2.05) is 60.8 Å². The van der Waals surface area contributed by atoms with Crippen molar-refractivity contribution in [2.45, 2.75) is 6.54 Å². The Morgan fingerprint density at radius 2 is 1.81 bits per heavy atom. The summed E-state index contributed by atoms with van der Waals surface area (Å²) >= 11 is 6.67. The predicted octanol–water partition coefficient (Wildman–Crippen LogP) is 5.83. The van der Waals surface area contributed by atoms with E-state index in [0.29, 0.717) is 28.1 Å². The Morgan fingerprint density at radius 3 is 2.57 bits per heavy atom. The number of benzene rings is 3. The van der Waals surface area contributed by atoms with Crippen LogP contribution in [0, 0.1) is 0 Å². The Hall–Kier alpha value is -4.08. The van der Waals surface area contributed by atoms with Crippen molar-refractivity contribution in [3.05, 3.63) is 95.0 Å². The van der Waals surface area contributed by atoms with Crippen molar-refractivity contribution < 1.29 is 24.2 Å². The number of amides is 1. The number of fused-ring (bicyclic) bond motifs is 1. The molecule has 5 rings (SSSR count). The standard InChI is InChI=1S/C28H22N2O5S2/c1-34-21-9-11-22(12-10-21)35-14-13-29-17-19(23-7-2-3-8-24(23)29)16-25-26(31)30(28(36)37-25)20-6-4-5-18(15-20)27(32)33/h2-12,15-17H,13-14H2,1H3,(H,32,33). The van der Waals surface area contributed by atoms with E-state index in [4.69, 9.17) is 21.7 Å². The van der Waals surface area contributed by atoms with Crippen molar-refractivity contribution in [1.82, 2.24) is 4.57 Å². The molecule has 0 unspecified atom stereocenters. The summed E-state index contributed by atoms with van der Waals surface area (Å²) in [4.78, 5) is 26.5. The molecule has 1 aliphatic rings. The third kappa shape index (κ3) is 5.09. The number of carbonyl (C=O) groups is 2. The molecule has 1 aromatic heterocycles. The van der Waals surface area contributed by atoms with Gasteiger partial charge in [-0.15, -0.1) is 0 Å². The molecular weight excluding hydrogens is 508 g/mol. The summed E-state index contributed by atoms with van der Waals surface area (Å²) in [6.07, 6.45) is 3.84. The molecule has 7 nitrogen and oxygen atoms in total. The van der Waals surface area contributed by atoms with Crippen molar-refractivity contribution in [3.63, 3.8) is 0 Å². The first-order valence-corrected chi connectivity index (χ1v) is 12.6. The molecule has 1 saturated heterocycles. The van der Waals surface area contributed by atoms with Crippen LogP contribution in [0.3, 0.4) is 0 Å². The van der Waals surface area contributed by atoms with Crippen LogP contribution in [0.4, 0.5) is 5.69 Å².